The normalized spacial score (nSPS) is 27.3. The number of rotatable bonds is 2. The van der Waals surface area contributed by atoms with Gasteiger partial charge in [0.05, 0.1) is 36.4 Å². The molecular formula is C12H13ClN2O3S2. The van der Waals surface area contributed by atoms with Crippen molar-refractivity contribution in [2.45, 2.75) is 12.1 Å². The van der Waals surface area contributed by atoms with Crippen molar-refractivity contribution in [1.82, 2.24) is 5.32 Å². The lowest BCUT2D eigenvalue weighted by molar-refractivity contribution is 0.415. The minimum absolute atomic E-state index is 0.0838. The molecule has 2 heterocycles. The van der Waals surface area contributed by atoms with Crippen molar-refractivity contribution in [3.8, 4) is 5.75 Å². The second kappa shape index (κ2) is 4.75. The molecule has 0 radical (unpaired) electrons. The first-order chi connectivity index (χ1) is 9.41. The third-order valence-corrected chi connectivity index (χ3v) is 5.85. The van der Waals surface area contributed by atoms with Crippen molar-refractivity contribution in [2.24, 2.45) is 0 Å². The van der Waals surface area contributed by atoms with Gasteiger partial charge in [-0.1, -0.05) is 11.6 Å². The first kappa shape index (κ1) is 13.9. The number of fused-ring (bicyclic) bond motifs is 1. The summed E-state index contributed by atoms with van der Waals surface area (Å²) in [5.74, 6) is 0.806. The number of hydrogen-bond acceptors (Lipinski definition) is 4. The molecule has 0 saturated carbocycles. The summed E-state index contributed by atoms with van der Waals surface area (Å²) in [6.07, 6.45) is 0. The van der Waals surface area contributed by atoms with Crippen LogP contribution >= 0.6 is 23.8 Å². The predicted molar refractivity (Wildman–Crippen MR) is 82.4 cm³/mol. The van der Waals surface area contributed by atoms with Crippen LogP contribution in [0.5, 0.6) is 5.75 Å². The van der Waals surface area contributed by atoms with Gasteiger partial charge in [0.15, 0.2) is 14.9 Å². The Kier molecular flexibility index (Phi) is 3.30. The van der Waals surface area contributed by atoms with Gasteiger partial charge in [0.25, 0.3) is 0 Å². The summed E-state index contributed by atoms with van der Waals surface area (Å²) in [5, 5.41) is 4.13. The van der Waals surface area contributed by atoms with Gasteiger partial charge in [-0.2, -0.15) is 0 Å². The van der Waals surface area contributed by atoms with E-state index < -0.39 is 9.84 Å². The highest BCUT2D eigenvalue weighted by atomic mass is 35.5. The van der Waals surface area contributed by atoms with Gasteiger partial charge in [-0.25, -0.2) is 8.42 Å². The van der Waals surface area contributed by atoms with Crippen molar-refractivity contribution in [1.29, 1.82) is 0 Å². The van der Waals surface area contributed by atoms with Gasteiger partial charge in [-0.05, 0) is 30.4 Å². The Labute approximate surface area is 127 Å². The van der Waals surface area contributed by atoms with Crippen LogP contribution in [0.15, 0.2) is 18.2 Å². The number of thiocarbonyl (C=S) groups is 1. The van der Waals surface area contributed by atoms with Crippen molar-refractivity contribution in [2.75, 3.05) is 23.5 Å². The van der Waals surface area contributed by atoms with Crippen LogP contribution in [0.25, 0.3) is 0 Å². The average molecular weight is 333 g/mol. The Morgan fingerprint density at radius 3 is 2.90 bits per heavy atom. The average Bonchev–Trinajstić information content (AvgIpc) is 2.79. The van der Waals surface area contributed by atoms with E-state index in [1.165, 1.54) is 0 Å². The van der Waals surface area contributed by atoms with Gasteiger partial charge in [-0.15, -0.1) is 0 Å². The standard InChI is InChI=1S/C12H13ClN2O3S2/c1-18-11-3-2-7(13)4-9(11)15-10-6-20(16,17)5-8(10)14-12(15)19/h2-4,8,10H,5-6H2,1H3,(H,14,19). The van der Waals surface area contributed by atoms with E-state index in [2.05, 4.69) is 5.32 Å². The van der Waals surface area contributed by atoms with Gasteiger partial charge < -0.3 is 15.0 Å². The molecule has 2 atom stereocenters. The maximum atomic E-state index is 11.8. The maximum absolute atomic E-state index is 11.8. The smallest absolute Gasteiger partial charge is 0.174 e. The molecule has 3 rings (SSSR count). The summed E-state index contributed by atoms with van der Waals surface area (Å²) >= 11 is 11.4. The van der Waals surface area contributed by atoms with Crippen LogP contribution < -0.4 is 15.0 Å². The van der Waals surface area contributed by atoms with E-state index in [0.29, 0.717) is 21.6 Å². The van der Waals surface area contributed by atoms with Crippen LogP contribution in [-0.4, -0.2) is 44.2 Å². The van der Waals surface area contributed by atoms with E-state index in [1.807, 2.05) is 0 Å². The summed E-state index contributed by atoms with van der Waals surface area (Å²) in [5.41, 5.74) is 0.696. The number of hydrogen-bond donors (Lipinski definition) is 1. The van der Waals surface area contributed by atoms with Crippen LogP contribution in [0.1, 0.15) is 0 Å². The molecule has 20 heavy (non-hydrogen) atoms. The van der Waals surface area contributed by atoms with E-state index in [0.717, 1.165) is 0 Å². The Hall–Kier alpha value is -1.05. The minimum Gasteiger partial charge on any atom is -0.495 e. The molecule has 0 aliphatic carbocycles. The second-order valence-electron chi connectivity index (χ2n) is 4.89. The lowest BCUT2D eigenvalue weighted by Gasteiger charge is -2.25. The molecule has 8 heteroatoms. The van der Waals surface area contributed by atoms with Crippen LogP contribution in [0, 0.1) is 0 Å². The molecule has 2 fully saturated rings. The highest BCUT2D eigenvalue weighted by Gasteiger charge is 2.48. The molecule has 0 aromatic heterocycles. The molecule has 1 aromatic rings. The molecule has 0 amide bonds. The molecule has 2 saturated heterocycles. The molecule has 2 unspecified atom stereocenters. The Morgan fingerprint density at radius 1 is 1.45 bits per heavy atom. The largest absolute Gasteiger partial charge is 0.495 e. The second-order valence-corrected chi connectivity index (χ2v) is 7.86. The summed E-state index contributed by atoms with van der Waals surface area (Å²) in [6.45, 7) is 0. The molecule has 2 aliphatic heterocycles. The third-order valence-electron chi connectivity index (χ3n) is 3.58. The highest BCUT2D eigenvalue weighted by molar-refractivity contribution is 7.91. The summed E-state index contributed by atoms with van der Waals surface area (Å²) in [4.78, 5) is 1.80. The number of nitrogens with one attached hydrogen (secondary N) is 1. The number of anilines is 1. The SMILES string of the molecule is COc1ccc(Cl)cc1N1C(=S)NC2CS(=O)(=O)CC21. The molecule has 1 N–H and O–H groups in total. The zero-order chi connectivity index (χ0) is 14.5. The molecule has 108 valence electrons. The molecule has 2 aliphatic rings. The third kappa shape index (κ3) is 2.23. The van der Waals surface area contributed by atoms with E-state index >= 15 is 0 Å². The number of halogens is 1. The molecule has 1 aromatic carbocycles. The Morgan fingerprint density at radius 2 is 2.20 bits per heavy atom. The quantitative estimate of drug-likeness (QED) is 0.822. The van der Waals surface area contributed by atoms with Gasteiger partial charge >= 0.3 is 0 Å². The highest BCUT2D eigenvalue weighted by Crippen LogP contribution is 2.37. The Balaban J connectivity index is 2.05. The lowest BCUT2D eigenvalue weighted by Crippen LogP contribution is -2.37. The summed E-state index contributed by atoms with van der Waals surface area (Å²) in [6, 6.07) is 4.83. The number of ether oxygens (including phenoxy) is 1. The maximum Gasteiger partial charge on any atom is 0.174 e. The van der Waals surface area contributed by atoms with Crippen LogP contribution in [-0.2, 0) is 9.84 Å². The van der Waals surface area contributed by atoms with Crippen molar-refractivity contribution in [3.63, 3.8) is 0 Å². The van der Waals surface area contributed by atoms with Crippen LogP contribution in [0.3, 0.4) is 0 Å². The minimum atomic E-state index is -3.04. The molecule has 0 spiro atoms. The molecular weight excluding hydrogens is 320 g/mol. The number of benzene rings is 1. The molecule has 5 nitrogen and oxygen atoms in total. The van der Waals surface area contributed by atoms with Crippen LogP contribution in [0.2, 0.25) is 5.02 Å². The van der Waals surface area contributed by atoms with E-state index in [-0.39, 0.29) is 23.6 Å². The van der Waals surface area contributed by atoms with Gasteiger partial charge in [0.1, 0.15) is 5.75 Å². The number of nitrogens with zero attached hydrogens (tertiary/aromatic N) is 1. The fourth-order valence-corrected chi connectivity index (χ4v) is 5.18. The van der Waals surface area contributed by atoms with E-state index in [4.69, 9.17) is 28.6 Å². The van der Waals surface area contributed by atoms with Gasteiger partial charge in [0.2, 0.25) is 0 Å². The van der Waals surface area contributed by atoms with E-state index in [9.17, 15) is 8.42 Å². The zero-order valence-corrected chi connectivity index (χ0v) is 13.1. The zero-order valence-electron chi connectivity index (χ0n) is 10.7. The number of methoxy groups -OCH3 is 1. The van der Waals surface area contributed by atoms with Crippen molar-refractivity contribution >= 4 is 44.5 Å². The van der Waals surface area contributed by atoms with Crippen LogP contribution in [0.4, 0.5) is 5.69 Å². The summed E-state index contributed by atoms with van der Waals surface area (Å²) < 4.78 is 28.9. The fourth-order valence-electron chi connectivity index (χ4n) is 2.74. The lowest BCUT2D eigenvalue weighted by atomic mass is 10.1. The van der Waals surface area contributed by atoms with Gasteiger partial charge in [0, 0.05) is 5.02 Å². The fraction of sp³-hybridized carbons (Fsp3) is 0.417. The topological polar surface area (TPSA) is 58.6 Å². The first-order valence-electron chi connectivity index (χ1n) is 6.05. The van der Waals surface area contributed by atoms with Gasteiger partial charge in [-0.3, -0.25) is 0 Å². The van der Waals surface area contributed by atoms with Crippen molar-refractivity contribution < 1.29 is 13.2 Å². The predicted octanol–water partition coefficient (Wildman–Crippen LogP) is 1.21. The Bertz CT molecular complexity index is 677. The monoisotopic (exact) mass is 332 g/mol. The van der Waals surface area contributed by atoms with E-state index in [1.54, 1.807) is 30.2 Å². The molecule has 0 bridgehead atoms. The number of sulfone groups is 1. The van der Waals surface area contributed by atoms with Crippen molar-refractivity contribution in [3.05, 3.63) is 23.2 Å². The first-order valence-corrected chi connectivity index (χ1v) is 8.66. The summed E-state index contributed by atoms with van der Waals surface area (Å²) in [7, 11) is -1.48.